The summed E-state index contributed by atoms with van der Waals surface area (Å²) in [5.74, 6) is 0.833. The Labute approximate surface area is 119 Å². The first-order valence-electron chi connectivity index (χ1n) is 6.50. The van der Waals surface area contributed by atoms with E-state index in [0.717, 1.165) is 34.6 Å². The van der Waals surface area contributed by atoms with Crippen LogP contribution in [0.2, 0.25) is 0 Å². The minimum atomic E-state index is 0.536. The van der Waals surface area contributed by atoms with Gasteiger partial charge in [0.2, 0.25) is 0 Å². The summed E-state index contributed by atoms with van der Waals surface area (Å²) in [7, 11) is 3.80. The number of nitrogens with zero attached hydrogens (tertiary/aromatic N) is 2. The third-order valence-electron chi connectivity index (χ3n) is 3.55. The largest absolute Gasteiger partial charge is 0.494 e. The van der Waals surface area contributed by atoms with Gasteiger partial charge < -0.3 is 19.2 Å². The van der Waals surface area contributed by atoms with Crippen molar-refractivity contribution in [1.29, 1.82) is 0 Å². The van der Waals surface area contributed by atoms with Crippen molar-refractivity contribution in [3.05, 3.63) is 23.0 Å². The number of para-hydroxylation sites is 1. The van der Waals surface area contributed by atoms with E-state index in [4.69, 9.17) is 17.0 Å². The molecule has 4 nitrogen and oxygen atoms in total. The van der Waals surface area contributed by atoms with Crippen molar-refractivity contribution in [3.8, 4) is 5.75 Å². The number of methoxy groups -OCH3 is 1. The Hall–Kier alpha value is -1.33. The monoisotopic (exact) mass is 279 g/mol. The molecule has 0 spiro atoms. The molecular weight excluding hydrogens is 258 g/mol. The molecule has 0 bridgehead atoms. The lowest BCUT2D eigenvalue weighted by atomic mass is 10.3. The van der Waals surface area contributed by atoms with Gasteiger partial charge in [-0.05, 0) is 45.2 Å². The minimum absolute atomic E-state index is 0.536. The molecule has 2 aromatic rings. The van der Waals surface area contributed by atoms with Crippen LogP contribution in [0.1, 0.15) is 13.8 Å². The fourth-order valence-electron chi connectivity index (χ4n) is 2.06. The van der Waals surface area contributed by atoms with E-state index in [1.807, 2.05) is 12.1 Å². The predicted octanol–water partition coefficient (Wildman–Crippen LogP) is 3.05. The second-order valence-corrected chi connectivity index (χ2v) is 5.40. The molecule has 0 unspecified atom stereocenters. The number of benzene rings is 1. The molecule has 19 heavy (non-hydrogen) atoms. The van der Waals surface area contributed by atoms with E-state index in [1.54, 1.807) is 7.11 Å². The number of nitrogens with one attached hydrogen (secondary N) is 1. The van der Waals surface area contributed by atoms with Crippen molar-refractivity contribution in [2.75, 3.05) is 20.7 Å². The van der Waals surface area contributed by atoms with Gasteiger partial charge >= 0.3 is 0 Å². The summed E-state index contributed by atoms with van der Waals surface area (Å²) < 4.78 is 8.24. The molecule has 2 rings (SSSR count). The molecule has 0 saturated carbocycles. The summed E-state index contributed by atoms with van der Waals surface area (Å²) >= 11 is 5.41. The van der Waals surface area contributed by atoms with Crippen molar-refractivity contribution in [1.82, 2.24) is 14.5 Å². The second-order valence-electron chi connectivity index (χ2n) is 5.01. The Kier molecular flexibility index (Phi) is 4.27. The maximum atomic E-state index is 5.41. The van der Waals surface area contributed by atoms with E-state index >= 15 is 0 Å². The normalized spacial score (nSPS) is 11.7. The van der Waals surface area contributed by atoms with Crippen LogP contribution in [0.3, 0.4) is 0 Å². The number of aromatic amines is 1. The van der Waals surface area contributed by atoms with Crippen LogP contribution in [0.15, 0.2) is 18.2 Å². The number of fused-ring (bicyclic) bond motifs is 1. The van der Waals surface area contributed by atoms with E-state index in [9.17, 15) is 0 Å². The van der Waals surface area contributed by atoms with Crippen molar-refractivity contribution < 1.29 is 4.74 Å². The van der Waals surface area contributed by atoms with Gasteiger partial charge in [-0.15, -0.1) is 0 Å². The molecule has 1 N–H and O–H groups in total. The number of H-pyrrole nitrogens is 1. The summed E-state index contributed by atoms with van der Waals surface area (Å²) in [5.41, 5.74) is 2.07. The van der Waals surface area contributed by atoms with Gasteiger partial charge in [0, 0.05) is 19.1 Å². The van der Waals surface area contributed by atoms with Crippen molar-refractivity contribution in [3.63, 3.8) is 0 Å². The Morgan fingerprint density at radius 2 is 2.16 bits per heavy atom. The Morgan fingerprint density at radius 3 is 2.79 bits per heavy atom. The SMILES string of the molecule is COc1cccc2c1[nH]c(=S)n2CCN(C)C(C)C. The highest BCUT2D eigenvalue weighted by molar-refractivity contribution is 7.71. The van der Waals surface area contributed by atoms with Crippen molar-refractivity contribution in [2.45, 2.75) is 26.4 Å². The summed E-state index contributed by atoms with van der Waals surface area (Å²) in [4.78, 5) is 5.54. The van der Waals surface area contributed by atoms with Crippen LogP contribution in [0, 0.1) is 4.77 Å². The van der Waals surface area contributed by atoms with Gasteiger partial charge in [0.05, 0.1) is 12.6 Å². The van der Waals surface area contributed by atoms with Crippen LogP contribution < -0.4 is 4.74 Å². The molecule has 1 heterocycles. The van der Waals surface area contributed by atoms with Gasteiger partial charge in [-0.3, -0.25) is 0 Å². The number of aromatic nitrogens is 2. The highest BCUT2D eigenvalue weighted by atomic mass is 32.1. The van der Waals surface area contributed by atoms with Gasteiger partial charge in [0.1, 0.15) is 11.3 Å². The first kappa shape index (κ1) is 14.1. The average Bonchev–Trinajstić information content (AvgIpc) is 2.71. The van der Waals surface area contributed by atoms with Gasteiger partial charge in [-0.25, -0.2) is 0 Å². The van der Waals surface area contributed by atoms with Crippen molar-refractivity contribution in [2.24, 2.45) is 0 Å². The summed E-state index contributed by atoms with van der Waals surface area (Å²) in [5, 5.41) is 0. The van der Waals surface area contributed by atoms with E-state index in [2.05, 4.69) is 41.4 Å². The smallest absolute Gasteiger partial charge is 0.178 e. The third kappa shape index (κ3) is 2.82. The Morgan fingerprint density at radius 1 is 1.42 bits per heavy atom. The lowest BCUT2D eigenvalue weighted by Crippen LogP contribution is -2.29. The lowest BCUT2D eigenvalue weighted by Gasteiger charge is -2.21. The fraction of sp³-hybridized carbons (Fsp3) is 0.500. The quantitative estimate of drug-likeness (QED) is 0.854. The van der Waals surface area contributed by atoms with E-state index in [-0.39, 0.29) is 0 Å². The van der Waals surface area contributed by atoms with Gasteiger partial charge in [-0.2, -0.15) is 0 Å². The zero-order valence-corrected chi connectivity index (χ0v) is 12.8. The number of hydrogen-bond acceptors (Lipinski definition) is 3. The van der Waals surface area contributed by atoms with Gasteiger partial charge in [-0.1, -0.05) is 6.07 Å². The van der Waals surface area contributed by atoms with Crippen LogP contribution in [0.5, 0.6) is 5.75 Å². The van der Waals surface area contributed by atoms with E-state index < -0.39 is 0 Å². The Balaban J connectivity index is 2.33. The number of ether oxygens (including phenoxy) is 1. The molecule has 0 radical (unpaired) electrons. The topological polar surface area (TPSA) is 33.2 Å². The van der Waals surface area contributed by atoms with Crippen LogP contribution in [0.4, 0.5) is 0 Å². The molecule has 104 valence electrons. The lowest BCUT2D eigenvalue weighted by molar-refractivity contribution is 0.263. The molecule has 1 aromatic carbocycles. The zero-order chi connectivity index (χ0) is 14.0. The molecular formula is C14H21N3OS. The maximum Gasteiger partial charge on any atom is 0.178 e. The maximum absolute atomic E-state index is 5.41. The highest BCUT2D eigenvalue weighted by Gasteiger charge is 2.10. The van der Waals surface area contributed by atoms with Crippen LogP contribution >= 0.6 is 12.2 Å². The zero-order valence-electron chi connectivity index (χ0n) is 11.9. The predicted molar refractivity (Wildman–Crippen MR) is 81.4 cm³/mol. The van der Waals surface area contributed by atoms with Crippen LogP contribution in [-0.2, 0) is 6.54 Å². The minimum Gasteiger partial charge on any atom is -0.494 e. The molecule has 0 aliphatic carbocycles. The number of imidazole rings is 1. The average molecular weight is 279 g/mol. The standard InChI is InChI=1S/C14H21N3OS/c1-10(2)16(3)8-9-17-11-6-5-7-12(18-4)13(11)15-14(17)19/h5-7,10H,8-9H2,1-4H3,(H,15,19). The van der Waals surface area contributed by atoms with Gasteiger partial charge in [0.15, 0.2) is 4.77 Å². The fourth-order valence-corrected chi connectivity index (χ4v) is 2.35. The van der Waals surface area contributed by atoms with E-state index in [1.165, 1.54) is 0 Å². The molecule has 1 aromatic heterocycles. The third-order valence-corrected chi connectivity index (χ3v) is 3.87. The van der Waals surface area contributed by atoms with Crippen LogP contribution in [-0.4, -0.2) is 41.2 Å². The number of rotatable bonds is 5. The summed E-state index contributed by atoms with van der Waals surface area (Å²) in [6.45, 7) is 6.23. The number of likely N-dealkylation sites (N-methyl/N-ethyl adjacent to an activating group) is 1. The molecule has 0 amide bonds. The molecule has 0 fully saturated rings. The molecule has 0 saturated heterocycles. The van der Waals surface area contributed by atoms with E-state index in [0.29, 0.717) is 6.04 Å². The molecule has 0 aliphatic rings. The molecule has 5 heteroatoms. The Bertz CT molecular complexity index is 615. The van der Waals surface area contributed by atoms with Crippen molar-refractivity contribution >= 4 is 23.3 Å². The highest BCUT2D eigenvalue weighted by Crippen LogP contribution is 2.24. The first-order valence-corrected chi connectivity index (χ1v) is 6.91. The summed E-state index contributed by atoms with van der Waals surface area (Å²) in [6, 6.07) is 6.54. The summed E-state index contributed by atoms with van der Waals surface area (Å²) in [6.07, 6.45) is 0. The first-order chi connectivity index (χ1) is 9.04. The van der Waals surface area contributed by atoms with Gasteiger partial charge in [0.25, 0.3) is 0 Å². The van der Waals surface area contributed by atoms with Crippen LogP contribution in [0.25, 0.3) is 11.0 Å². The molecule has 0 aliphatic heterocycles. The second kappa shape index (κ2) is 5.75. The number of hydrogen-bond donors (Lipinski definition) is 1. The molecule has 0 atom stereocenters.